The van der Waals surface area contributed by atoms with E-state index in [1.807, 2.05) is 0 Å². The minimum atomic E-state index is -1.43. The maximum absolute atomic E-state index is 15.0. The first-order valence-electron chi connectivity index (χ1n) is 9.80. The molecular weight excluding hydrogens is 433 g/mol. The number of hydrogen-bond acceptors (Lipinski definition) is 5. The second kappa shape index (κ2) is 8.51. The van der Waals surface area contributed by atoms with Gasteiger partial charge in [0.1, 0.15) is 6.04 Å². The maximum Gasteiger partial charge on any atom is 0.412 e. The van der Waals surface area contributed by atoms with Gasteiger partial charge in [-0.1, -0.05) is 11.6 Å². The molecule has 170 valence electrons. The number of methoxy groups -OCH3 is 1. The Kier molecular flexibility index (Phi) is 6.33. The first-order chi connectivity index (χ1) is 14.5. The number of carbonyl (C=O) groups is 3. The summed E-state index contributed by atoms with van der Waals surface area (Å²) >= 11 is 5.97. The highest BCUT2D eigenvalue weighted by Crippen LogP contribution is 2.45. The molecule has 1 spiro atoms. The van der Waals surface area contributed by atoms with E-state index in [-0.39, 0.29) is 35.7 Å². The van der Waals surface area contributed by atoms with Crippen molar-refractivity contribution in [1.82, 2.24) is 10.2 Å². The third kappa shape index (κ3) is 4.69. The molecule has 2 heterocycles. The zero-order valence-electron chi connectivity index (χ0n) is 17.5. The minimum absolute atomic E-state index is 0.0796. The Morgan fingerprint density at radius 3 is 2.84 bits per heavy atom. The SMILES string of the molecule is COC(C)(C)C[C@H](NC(=O)O)C(=O)N1CCC[C@@]2(C1)OC(=O)Nc1ccc(Cl)c(F)c12. The van der Waals surface area contributed by atoms with E-state index in [1.165, 1.54) is 24.1 Å². The van der Waals surface area contributed by atoms with E-state index in [0.29, 0.717) is 13.0 Å². The number of carbonyl (C=O) groups excluding carboxylic acids is 2. The first kappa shape index (κ1) is 23.1. The van der Waals surface area contributed by atoms with Crippen molar-refractivity contribution in [1.29, 1.82) is 0 Å². The molecule has 1 aromatic rings. The molecule has 2 atom stereocenters. The van der Waals surface area contributed by atoms with Crippen molar-refractivity contribution in [2.24, 2.45) is 0 Å². The van der Waals surface area contributed by atoms with Crippen molar-refractivity contribution < 1.29 is 33.4 Å². The molecule has 9 nitrogen and oxygen atoms in total. The lowest BCUT2D eigenvalue weighted by molar-refractivity contribution is -0.143. The molecule has 0 unspecified atom stereocenters. The number of fused-ring (bicyclic) bond motifs is 2. The summed E-state index contributed by atoms with van der Waals surface area (Å²) in [5.41, 5.74) is -1.89. The number of halogens is 2. The minimum Gasteiger partial charge on any atom is -0.465 e. The van der Waals surface area contributed by atoms with E-state index < -0.39 is 41.2 Å². The average molecular weight is 458 g/mol. The Hall–Kier alpha value is -2.59. The van der Waals surface area contributed by atoms with Crippen LogP contribution in [-0.2, 0) is 19.9 Å². The van der Waals surface area contributed by atoms with Crippen LogP contribution < -0.4 is 10.6 Å². The Morgan fingerprint density at radius 1 is 1.48 bits per heavy atom. The van der Waals surface area contributed by atoms with Crippen LogP contribution >= 0.6 is 11.6 Å². The van der Waals surface area contributed by atoms with Gasteiger partial charge >= 0.3 is 12.2 Å². The fourth-order valence-corrected chi connectivity index (χ4v) is 4.26. The molecule has 0 aromatic heterocycles. The molecule has 0 saturated carbocycles. The molecule has 31 heavy (non-hydrogen) atoms. The molecule has 0 aliphatic carbocycles. The summed E-state index contributed by atoms with van der Waals surface area (Å²) in [7, 11) is 1.47. The summed E-state index contributed by atoms with van der Waals surface area (Å²) in [6.45, 7) is 3.64. The quantitative estimate of drug-likeness (QED) is 0.624. The van der Waals surface area contributed by atoms with Crippen LogP contribution in [0.1, 0.15) is 38.7 Å². The van der Waals surface area contributed by atoms with Crippen molar-refractivity contribution in [3.63, 3.8) is 0 Å². The fraction of sp³-hybridized carbons (Fsp3) is 0.550. The van der Waals surface area contributed by atoms with Gasteiger partial charge in [-0.05, 0) is 38.8 Å². The van der Waals surface area contributed by atoms with Crippen LogP contribution in [0.3, 0.4) is 0 Å². The summed E-state index contributed by atoms with van der Waals surface area (Å²) in [4.78, 5) is 38.1. The van der Waals surface area contributed by atoms with E-state index in [1.54, 1.807) is 13.8 Å². The second-order valence-electron chi connectivity index (χ2n) is 8.33. The highest BCUT2D eigenvalue weighted by atomic mass is 35.5. The number of piperidine rings is 1. The van der Waals surface area contributed by atoms with Gasteiger partial charge in [0, 0.05) is 20.1 Å². The van der Waals surface area contributed by atoms with E-state index in [0.717, 1.165) is 0 Å². The molecule has 1 aromatic carbocycles. The normalized spacial score (nSPS) is 21.7. The van der Waals surface area contributed by atoms with Crippen LogP contribution in [0, 0.1) is 5.82 Å². The molecule has 1 fully saturated rings. The Bertz CT molecular complexity index is 911. The number of carboxylic acid groups (broad SMARTS) is 1. The molecule has 11 heteroatoms. The van der Waals surface area contributed by atoms with E-state index in [2.05, 4.69) is 10.6 Å². The molecule has 3 amide bonds. The van der Waals surface area contributed by atoms with E-state index >= 15 is 0 Å². The van der Waals surface area contributed by atoms with Crippen molar-refractivity contribution >= 4 is 35.4 Å². The zero-order chi connectivity index (χ0) is 23.0. The van der Waals surface area contributed by atoms with Crippen LogP contribution in [-0.4, -0.2) is 59.9 Å². The van der Waals surface area contributed by atoms with Gasteiger partial charge in [0.25, 0.3) is 0 Å². The highest BCUT2D eigenvalue weighted by molar-refractivity contribution is 6.31. The van der Waals surface area contributed by atoms with E-state index in [9.17, 15) is 23.9 Å². The summed E-state index contributed by atoms with van der Waals surface area (Å²) in [6.07, 6.45) is -1.33. The third-order valence-electron chi connectivity index (χ3n) is 5.69. The lowest BCUT2D eigenvalue weighted by atomic mass is 9.82. The maximum atomic E-state index is 15.0. The smallest absolute Gasteiger partial charge is 0.412 e. The number of rotatable bonds is 5. The summed E-state index contributed by atoms with van der Waals surface area (Å²) in [5.74, 6) is -1.24. The lowest BCUT2D eigenvalue weighted by Crippen LogP contribution is -2.58. The standard InChI is InChI=1S/C20H25ClFN3O6/c1-19(2,30-3)9-13(23-17(27)28)16(26)25-8-4-7-20(10-25)14-12(24-18(29)31-20)6-5-11(21)15(14)22/h5-6,13,23H,4,7-10H2,1-3H3,(H,24,29)(H,27,28)/t13-,20-/m0/s1. The van der Waals surface area contributed by atoms with Gasteiger partial charge in [0.05, 0.1) is 28.4 Å². The van der Waals surface area contributed by atoms with Gasteiger partial charge in [-0.2, -0.15) is 0 Å². The Labute approximate surface area is 183 Å². The number of amides is 3. The van der Waals surface area contributed by atoms with Crippen LogP contribution in [0.5, 0.6) is 0 Å². The monoisotopic (exact) mass is 457 g/mol. The zero-order valence-corrected chi connectivity index (χ0v) is 18.2. The average Bonchev–Trinajstić information content (AvgIpc) is 2.69. The predicted octanol–water partition coefficient (Wildman–Crippen LogP) is 3.31. The molecule has 3 N–H and O–H groups in total. The molecule has 3 rings (SSSR count). The third-order valence-corrected chi connectivity index (χ3v) is 5.98. The molecule has 0 radical (unpaired) electrons. The number of likely N-dealkylation sites (tertiary alicyclic amines) is 1. The Balaban J connectivity index is 1.94. The van der Waals surface area contributed by atoms with Crippen LogP contribution in [0.15, 0.2) is 12.1 Å². The van der Waals surface area contributed by atoms with Crippen molar-refractivity contribution in [3.8, 4) is 0 Å². The summed E-state index contributed by atoms with van der Waals surface area (Å²) in [6, 6.07) is 1.73. The predicted molar refractivity (Wildman–Crippen MR) is 110 cm³/mol. The van der Waals surface area contributed by atoms with Crippen LogP contribution in [0.25, 0.3) is 0 Å². The first-order valence-corrected chi connectivity index (χ1v) is 10.2. The summed E-state index contributed by atoms with van der Waals surface area (Å²) < 4.78 is 25.9. The van der Waals surface area contributed by atoms with Gasteiger partial charge in [0.15, 0.2) is 11.4 Å². The van der Waals surface area contributed by atoms with Gasteiger partial charge in [-0.3, -0.25) is 10.1 Å². The molecular formula is C20H25ClFN3O6. The van der Waals surface area contributed by atoms with Crippen molar-refractivity contribution in [2.75, 3.05) is 25.5 Å². The number of anilines is 1. The molecule has 0 bridgehead atoms. The van der Waals surface area contributed by atoms with Crippen molar-refractivity contribution in [2.45, 2.75) is 50.4 Å². The molecule has 1 saturated heterocycles. The van der Waals surface area contributed by atoms with Gasteiger partial charge in [-0.25, -0.2) is 14.0 Å². The van der Waals surface area contributed by atoms with Crippen LogP contribution in [0.2, 0.25) is 5.02 Å². The van der Waals surface area contributed by atoms with Crippen molar-refractivity contribution in [3.05, 3.63) is 28.5 Å². The van der Waals surface area contributed by atoms with Gasteiger partial charge < -0.3 is 24.8 Å². The number of benzene rings is 1. The summed E-state index contributed by atoms with van der Waals surface area (Å²) in [5, 5.41) is 13.8. The number of nitrogens with zero attached hydrogens (tertiary/aromatic N) is 1. The topological polar surface area (TPSA) is 117 Å². The number of ether oxygens (including phenoxy) is 2. The highest BCUT2D eigenvalue weighted by Gasteiger charge is 2.49. The van der Waals surface area contributed by atoms with Gasteiger partial charge in [-0.15, -0.1) is 0 Å². The van der Waals surface area contributed by atoms with E-state index in [4.69, 9.17) is 21.1 Å². The molecule has 2 aliphatic heterocycles. The second-order valence-corrected chi connectivity index (χ2v) is 8.73. The van der Waals surface area contributed by atoms with Gasteiger partial charge in [0.2, 0.25) is 5.91 Å². The van der Waals surface area contributed by atoms with Crippen LogP contribution in [0.4, 0.5) is 19.7 Å². The fourth-order valence-electron chi connectivity index (χ4n) is 4.11. The number of nitrogens with one attached hydrogen (secondary N) is 2. The molecule has 2 aliphatic rings. The lowest BCUT2D eigenvalue weighted by Gasteiger charge is -2.46. The Morgan fingerprint density at radius 2 is 2.19 bits per heavy atom. The largest absolute Gasteiger partial charge is 0.465 e. The number of hydrogen-bond donors (Lipinski definition) is 3.